The number of nitrogens with one attached hydrogen (secondary N) is 1. The summed E-state index contributed by atoms with van der Waals surface area (Å²) in [7, 11) is -3.96. The highest BCUT2D eigenvalue weighted by atomic mass is 79.9. The number of nitrogens with zero attached hydrogens (tertiary/aromatic N) is 4. The molecule has 0 spiro atoms. The van der Waals surface area contributed by atoms with Crippen molar-refractivity contribution in [1.82, 2.24) is 25.3 Å². The maximum atomic E-state index is 13.1. The molecule has 0 radical (unpaired) electrons. The van der Waals surface area contributed by atoms with E-state index in [-0.39, 0.29) is 5.56 Å². The average Bonchev–Trinajstić information content (AvgIpc) is 2.82. The lowest BCUT2D eigenvalue weighted by Crippen LogP contribution is -2.28. The molecule has 4 rings (SSSR count). The van der Waals surface area contributed by atoms with Crippen LogP contribution in [0.15, 0.2) is 64.4 Å². The van der Waals surface area contributed by atoms with Crippen LogP contribution in [0.25, 0.3) is 22.4 Å². The third kappa shape index (κ3) is 6.38. The Morgan fingerprint density at radius 3 is 2.49 bits per heavy atom. The van der Waals surface area contributed by atoms with E-state index in [1.165, 1.54) is 12.4 Å². The van der Waals surface area contributed by atoms with E-state index in [1.54, 1.807) is 31.3 Å². The number of hydrogen-bond donors (Lipinski definition) is 1. The molecule has 3 aromatic heterocycles. The summed E-state index contributed by atoms with van der Waals surface area (Å²) in [6.45, 7) is 1.60. The number of carbonyl (C=O) groups is 1. The third-order valence-electron chi connectivity index (χ3n) is 5.03. The molecule has 0 aliphatic carbocycles. The molecule has 192 valence electrons. The van der Waals surface area contributed by atoms with Crippen molar-refractivity contribution in [1.29, 1.82) is 0 Å². The summed E-state index contributed by atoms with van der Waals surface area (Å²) >= 11 is 3.32. The zero-order chi connectivity index (χ0) is 27.0. The number of aromatic nitrogens is 4. The molecule has 0 fully saturated rings. The highest BCUT2D eigenvalue weighted by Gasteiger charge is 2.32. The van der Waals surface area contributed by atoms with Crippen LogP contribution in [-0.2, 0) is 9.84 Å². The Hall–Kier alpha value is -3.65. The quantitative estimate of drug-likeness (QED) is 0.342. The molecule has 9 nitrogen and oxygen atoms in total. The lowest BCUT2D eigenvalue weighted by Gasteiger charge is -2.18. The molecule has 37 heavy (non-hydrogen) atoms. The first-order chi connectivity index (χ1) is 17.3. The molecule has 0 aliphatic heterocycles. The number of ether oxygens (including phenoxy) is 1. The minimum absolute atomic E-state index is 0.327. The Labute approximate surface area is 217 Å². The number of pyridine rings is 2. The largest absolute Gasteiger partial charge is 0.573 e. The molecule has 1 amide bonds. The minimum Gasteiger partial charge on any atom is -0.406 e. The Bertz CT molecular complexity index is 1600. The van der Waals surface area contributed by atoms with Crippen LogP contribution in [0.3, 0.4) is 0 Å². The molecule has 0 bridgehead atoms. The smallest absolute Gasteiger partial charge is 0.406 e. The maximum Gasteiger partial charge on any atom is 0.573 e. The van der Waals surface area contributed by atoms with Gasteiger partial charge in [-0.1, -0.05) is 0 Å². The second-order valence-corrected chi connectivity index (χ2v) is 10.8. The fraction of sp³-hybridized carbons (Fsp3) is 0.174. The molecule has 1 atom stereocenters. The van der Waals surface area contributed by atoms with E-state index in [4.69, 9.17) is 0 Å². The number of amides is 1. The number of hydrogen-bond acceptors (Lipinski definition) is 8. The summed E-state index contributed by atoms with van der Waals surface area (Å²) in [4.78, 5) is 30.1. The predicted octanol–water partition coefficient (Wildman–Crippen LogP) is 4.64. The minimum atomic E-state index is -5.08. The van der Waals surface area contributed by atoms with Gasteiger partial charge in [0.25, 0.3) is 5.91 Å². The van der Waals surface area contributed by atoms with Crippen molar-refractivity contribution in [3.05, 3.63) is 70.7 Å². The van der Waals surface area contributed by atoms with Crippen molar-refractivity contribution < 1.29 is 31.1 Å². The van der Waals surface area contributed by atoms with Crippen LogP contribution < -0.4 is 10.1 Å². The van der Waals surface area contributed by atoms with E-state index < -0.39 is 38.8 Å². The SMILES string of the molecule is C[C@H](NC(=O)c1cc(OC(F)(F)F)cc(S(C)(=O)=O)c1)c1nc2ccncc2nc1-c1ccc(Br)cn1. The van der Waals surface area contributed by atoms with Crippen molar-refractivity contribution in [2.24, 2.45) is 0 Å². The zero-order valence-electron chi connectivity index (χ0n) is 19.1. The van der Waals surface area contributed by atoms with Crippen LogP contribution >= 0.6 is 15.9 Å². The zero-order valence-corrected chi connectivity index (χ0v) is 21.5. The van der Waals surface area contributed by atoms with Crippen LogP contribution in [-0.4, -0.2) is 46.9 Å². The molecule has 4 aromatic rings. The van der Waals surface area contributed by atoms with Gasteiger partial charge in [-0.3, -0.25) is 14.8 Å². The van der Waals surface area contributed by atoms with Gasteiger partial charge in [-0.15, -0.1) is 13.2 Å². The van der Waals surface area contributed by atoms with Gasteiger partial charge in [0, 0.05) is 28.7 Å². The molecule has 0 aliphatic rings. The summed E-state index contributed by atoms with van der Waals surface area (Å²) in [5.41, 5.74) is 1.76. The molecule has 1 aromatic carbocycles. The van der Waals surface area contributed by atoms with Crippen LogP contribution in [0.1, 0.15) is 29.0 Å². The second kappa shape index (κ2) is 10.0. The third-order valence-corrected chi connectivity index (χ3v) is 6.59. The van der Waals surface area contributed by atoms with Crippen molar-refractivity contribution in [3.8, 4) is 17.1 Å². The summed E-state index contributed by atoms with van der Waals surface area (Å²) in [6.07, 6.45) is 0.341. The molecule has 0 saturated carbocycles. The Balaban J connectivity index is 1.74. The van der Waals surface area contributed by atoms with E-state index in [9.17, 15) is 26.4 Å². The summed E-state index contributed by atoms with van der Waals surface area (Å²) in [6, 6.07) is 6.74. The van der Waals surface area contributed by atoms with Gasteiger partial charge in [-0.25, -0.2) is 18.4 Å². The molecule has 0 saturated heterocycles. The standard InChI is InChI=1S/C23H17BrF3N5O4S/c1-12(30-22(33)13-7-15(36-23(25,26)27)9-16(8-13)37(2,34)35)20-21(18-4-3-14(24)10-29-18)32-19-11-28-6-5-17(19)31-20/h3-12H,1-2H3,(H,30,33)/t12-/m0/s1. The number of carbonyl (C=O) groups excluding carboxylic acids is 1. The number of halogens is 4. The van der Waals surface area contributed by atoms with Crippen molar-refractivity contribution >= 4 is 42.7 Å². The normalized spacial score (nSPS) is 12.8. The van der Waals surface area contributed by atoms with Gasteiger partial charge in [0.2, 0.25) is 0 Å². The Morgan fingerprint density at radius 1 is 1.08 bits per heavy atom. The lowest BCUT2D eigenvalue weighted by atomic mass is 10.1. The van der Waals surface area contributed by atoms with Crippen LogP contribution in [0, 0.1) is 0 Å². The lowest BCUT2D eigenvalue weighted by molar-refractivity contribution is -0.274. The van der Waals surface area contributed by atoms with Crippen LogP contribution in [0.4, 0.5) is 13.2 Å². The van der Waals surface area contributed by atoms with Gasteiger partial charge >= 0.3 is 6.36 Å². The summed E-state index contributed by atoms with van der Waals surface area (Å²) < 4.78 is 67.0. The molecule has 0 unspecified atom stereocenters. The molecular weight excluding hydrogens is 579 g/mol. The van der Waals surface area contributed by atoms with Gasteiger partial charge in [0.05, 0.1) is 34.0 Å². The number of benzene rings is 1. The van der Waals surface area contributed by atoms with Crippen LogP contribution in [0.2, 0.25) is 0 Å². The van der Waals surface area contributed by atoms with Gasteiger partial charge < -0.3 is 10.1 Å². The number of fused-ring (bicyclic) bond motifs is 1. The molecule has 3 heterocycles. The highest BCUT2D eigenvalue weighted by Crippen LogP contribution is 2.29. The predicted molar refractivity (Wildman–Crippen MR) is 130 cm³/mol. The number of alkyl halides is 3. The van der Waals surface area contributed by atoms with Gasteiger partial charge in [0.15, 0.2) is 9.84 Å². The Kier molecular flexibility index (Phi) is 7.15. The van der Waals surface area contributed by atoms with E-state index in [1.807, 2.05) is 0 Å². The van der Waals surface area contributed by atoms with Crippen molar-refractivity contribution in [3.63, 3.8) is 0 Å². The van der Waals surface area contributed by atoms with E-state index in [2.05, 4.69) is 45.9 Å². The first-order valence-electron chi connectivity index (χ1n) is 10.5. The van der Waals surface area contributed by atoms with E-state index >= 15 is 0 Å². The van der Waals surface area contributed by atoms with Crippen LogP contribution in [0.5, 0.6) is 5.75 Å². The van der Waals surface area contributed by atoms with Crippen molar-refractivity contribution in [2.75, 3.05) is 6.26 Å². The first-order valence-corrected chi connectivity index (χ1v) is 13.1. The molecule has 14 heteroatoms. The van der Waals surface area contributed by atoms with Gasteiger partial charge in [0.1, 0.15) is 17.0 Å². The van der Waals surface area contributed by atoms with E-state index in [0.29, 0.717) is 34.2 Å². The maximum absolute atomic E-state index is 13.1. The monoisotopic (exact) mass is 595 g/mol. The summed E-state index contributed by atoms with van der Waals surface area (Å²) in [5, 5.41) is 2.64. The fourth-order valence-corrected chi connectivity index (χ4v) is 4.29. The molecule has 1 N–H and O–H groups in total. The second-order valence-electron chi connectivity index (χ2n) is 7.89. The summed E-state index contributed by atoms with van der Waals surface area (Å²) in [5.74, 6) is -1.69. The molecular formula is C23H17BrF3N5O4S. The highest BCUT2D eigenvalue weighted by molar-refractivity contribution is 9.10. The fourth-order valence-electron chi connectivity index (χ4n) is 3.38. The van der Waals surface area contributed by atoms with Gasteiger partial charge in [-0.05, 0) is 59.3 Å². The van der Waals surface area contributed by atoms with Gasteiger partial charge in [-0.2, -0.15) is 0 Å². The average molecular weight is 596 g/mol. The van der Waals surface area contributed by atoms with E-state index in [0.717, 1.165) is 22.9 Å². The topological polar surface area (TPSA) is 124 Å². The van der Waals surface area contributed by atoms with Crippen molar-refractivity contribution in [2.45, 2.75) is 24.2 Å². The number of sulfone groups is 1. The Morgan fingerprint density at radius 2 is 1.84 bits per heavy atom. The first kappa shape index (κ1) is 26.4. The number of rotatable bonds is 6.